The van der Waals surface area contributed by atoms with Crippen molar-refractivity contribution in [2.45, 2.75) is 70.2 Å². The second kappa shape index (κ2) is 3.91. The highest BCUT2D eigenvalue weighted by Crippen LogP contribution is 2.81. The van der Waals surface area contributed by atoms with E-state index in [1.54, 1.807) is 0 Å². The molecule has 2 spiro atoms. The van der Waals surface area contributed by atoms with Crippen molar-refractivity contribution < 1.29 is 24.5 Å². The van der Waals surface area contributed by atoms with Gasteiger partial charge in [0.25, 0.3) is 0 Å². The van der Waals surface area contributed by atoms with Crippen LogP contribution in [0.1, 0.15) is 46.0 Å². The van der Waals surface area contributed by atoms with Crippen molar-refractivity contribution in [3.05, 3.63) is 12.2 Å². The number of Topliss-reactive ketones (excluding diaryl/α,β-unsaturated/α-hetero) is 1. The molecule has 0 aromatic rings. The third kappa shape index (κ3) is 1.18. The average Bonchev–Trinajstić information content (AvgIpc) is 2.68. The fourth-order valence-corrected chi connectivity index (χ4v) is 8.46. The molecule has 0 radical (unpaired) electrons. The number of carbonyl (C=O) groups excluding carboxylic acids is 1. The van der Waals surface area contributed by atoms with Crippen LogP contribution < -0.4 is 0 Å². The summed E-state index contributed by atoms with van der Waals surface area (Å²) < 4.78 is 12.4. The summed E-state index contributed by atoms with van der Waals surface area (Å²) in [4.78, 5) is 13.4. The lowest BCUT2D eigenvalue weighted by Gasteiger charge is -2.79. The van der Waals surface area contributed by atoms with Crippen molar-refractivity contribution in [1.29, 1.82) is 0 Å². The SMILES string of the molecule is C=C1C(=O)[C@]23[C@H]4OC5O[C@]2(O)[C@@H](O)[C@@H]2C(C)(C)CCC[C@]52[C@@H]3CC[C@@H]14. The molecule has 4 heterocycles. The smallest absolute Gasteiger partial charge is 0.211 e. The van der Waals surface area contributed by atoms with Gasteiger partial charge in [-0.25, -0.2) is 0 Å². The molecule has 0 aromatic carbocycles. The van der Waals surface area contributed by atoms with Crippen molar-refractivity contribution >= 4 is 5.78 Å². The van der Waals surface area contributed by atoms with Crippen LogP contribution in [0.5, 0.6) is 0 Å². The van der Waals surface area contributed by atoms with E-state index in [1.807, 2.05) is 0 Å². The first-order valence-electron chi connectivity index (χ1n) is 9.70. The van der Waals surface area contributed by atoms with Gasteiger partial charge in [0.1, 0.15) is 11.5 Å². The van der Waals surface area contributed by atoms with E-state index in [9.17, 15) is 15.0 Å². The van der Waals surface area contributed by atoms with E-state index >= 15 is 0 Å². The zero-order valence-corrected chi connectivity index (χ0v) is 14.8. The van der Waals surface area contributed by atoms with Gasteiger partial charge in [-0.3, -0.25) is 4.79 Å². The first-order chi connectivity index (χ1) is 11.7. The largest absolute Gasteiger partial charge is 0.387 e. The van der Waals surface area contributed by atoms with Crippen LogP contribution in [-0.4, -0.2) is 40.3 Å². The summed E-state index contributed by atoms with van der Waals surface area (Å²) in [5, 5.41) is 23.1. The van der Waals surface area contributed by atoms with E-state index in [4.69, 9.17) is 9.47 Å². The molecule has 8 rings (SSSR count). The van der Waals surface area contributed by atoms with Gasteiger partial charge in [0, 0.05) is 17.3 Å². The number of ether oxygens (including phenoxy) is 2. The van der Waals surface area contributed by atoms with E-state index in [0.717, 1.165) is 32.1 Å². The average molecular weight is 346 g/mol. The molecule has 2 N–H and O–H groups in total. The fraction of sp³-hybridized carbons (Fsp3) is 0.850. The molecule has 7 bridgehead atoms. The number of hydrogen-bond donors (Lipinski definition) is 2. The van der Waals surface area contributed by atoms with Crippen LogP contribution in [0.25, 0.3) is 0 Å². The summed E-state index contributed by atoms with van der Waals surface area (Å²) in [5.41, 5.74) is -1.10. The highest BCUT2D eigenvalue weighted by Gasteiger charge is 2.91. The van der Waals surface area contributed by atoms with Crippen LogP contribution in [0.3, 0.4) is 0 Å². The summed E-state index contributed by atoms with van der Waals surface area (Å²) >= 11 is 0. The molecule has 9 atom stereocenters. The van der Waals surface area contributed by atoms with Gasteiger partial charge in [0.05, 0.1) is 6.10 Å². The third-order valence-electron chi connectivity index (χ3n) is 9.05. The highest BCUT2D eigenvalue weighted by molar-refractivity contribution is 6.05. The number of rotatable bonds is 0. The normalized spacial score (nSPS) is 63.0. The van der Waals surface area contributed by atoms with Crippen molar-refractivity contribution in [2.24, 2.45) is 34.0 Å². The van der Waals surface area contributed by atoms with Gasteiger partial charge in [-0.1, -0.05) is 26.8 Å². The summed E-state index contributed by atoms with van der Waals surface area (Å²) in [5.74, 6) is -2.11. The summed E-state index contributed by atoms with van der Waals surface area (Å²) in [6.07, 6.45) is 2.73. The first kappa shape index (κ1) is 15.3. The molecule has 8 fully saturated rings. The molecule has 1 unspecified atom stereocenters. The van der Waals surface area contributed by atoms with E-state index in [2.05, 4.69) is 20.4 Å². The van der Waals surface area contributed by atoms with E-state index < -0.39 is 23.6 Å². The zero-order valence-electron chi connectivity index (χ0n) is 14.8. The topological polar surface area (TPSA) is 76.0 Å². The molecule has 0 amide bonds. The highest BCUT2D eigenvalue weighted by atomic mass is 16.8. The molecule has 5 nitrogen and oxygen atoms in total. The van der Waals surface area contributed by atoms with Gasteiger partial charge in [0.15, 0.2) is 12.1 Å². The van der Waals surface area contributed by atoms with E-state index in [-0.39, 0.29) is 40.5 Å². The molecule has 25 heavy (non-hydrogen) atoms. The van der Waals surface area contributed by atoms with E-state index in [1.165, 1.54) is 0 Å². The van der Waals surface area contributed by atoms with Gasteiger partial charge in [-0.15, -0.1) is 0 Å². The van der Waals surface area contributed by atoms with Crippen molar-refractivity contribution in [2.75, 3.05) is 0 Å². The maximum Gasteiger partial charge on any atom is 0.211 e. The molecular weight excluding hydrogens is 320 g/mol. The number of aliphatic hydroxyl groups excluding tert-OH is 1. The van der Waals surface area contributed by atoms with Gasteiger partial charge in [-0.05, 0) is 42.6 Å². The molecule has 4 aliphatic carbocycles. The molecule has 5 heteroatoms. The number of carbonyl (C=O) groups is 1. The Hall–Kier alpha value is -0.750. The van der Waals surface area contributed by atoms with Crippen molar-refractivity contribution in [1.82, 2.24) is 0 Å². The van der Waals surface area contributed by atoms with Gasteiger partial charge in [-0.2, -0.15) is 0 Å². The van der Waals surface area contributed by atoms with Crippen molar-refractivity contribution in [3.63, 3.8) is 0 Å². The van der Waals surface area contributed by atoms with E-state index in [0.29, 0.717) is 5.57 Å². The number of ketones is 1. The predicted molar refractivity (Wildman–Crippen MR) is 87.1 cm³/mol. The Morgan fingerprint density at radius 1 is 1.24 bits per heavy atom. The summed E-state index contributed by atoms with van der Waals surface area (Å²) in [7, 11) is 0. The van der Waals surface area contributed by atoms with Gasteiger partial charge < -0.3 is 19.7 Å². The van der Waals surface area contributed by atoms with Crippen LogP contribution in [0.15, 0.2) is 12.2 Å². The van der Waals surface area contributed by atoms with Crippen LogP contribution >= 0.6 is 0 Å². The van der Waals surface area contributed by atoms with Crippen molar-refractivity contribution in [3.8, 4) is 0 Å². The maximum atomic E-state index is 13.4. The standard InChI is InChI=1S/C20H26O5/c1-9-10-5-6-11-18-8-4-7-17(2,3)12(18)14(22)20(23)19(11,13(9)21)15(10)24-16(18)25-20/h10-12,14-16,22-23H,1,4-8H2,2-3H3/t10-,11-,12+,14-,15-,16?,18+,19+,20+/m0/s1. The molecule has 4 aliphatic heterocycles. The minimum Gasteiger partial charge on any atom is -0.387 e. The lowest BCUT2D eigenvalue weighted by atomic mass is 9.34. The fourth-order valence-electron chi connectivity index (χ4n) is 8.46. The Morgan fingerprint density at radius 2 is 2.00 bits per heavy atom. The molecular formula is C20H26O5. The monoisotopic (exact) mass is 346 g/mol. The Balaban J connectivity index is 1.68. The lowest BCUT2D eigenvalue weighted by Crippen LogP contribution is -2.89. The first-order valence-corrected chi connectivity index (χ1v) is 9.70. The minimum atomic E-state index is -1.85. The number of aliphatic hydroxyl groups is 2. The van der Waals surface area contributed by atoms with Crippen LogP contribution in [0.2, 0.25) is 0 Å². The van der Waals surface area contributed by atoms with Gasteiger partial charge >= 0.3 is 0 Å². The molecule has 4 saturated carbocycles. The Bertz CT molecular complexity index is 730. The van der Waals surface area contributed by atoms with Crippen LogP contribution in [-0.2, 0) is 14.3 Å². The third-order valence-corrected chi connectivity index (χ3v) is 9.05. The van der Waals surface area contributed by atoms with Crippen LogP contribution in [0.4, 0.5) is 0 Å². The lowest BCUT2D eigenvalue weighted by molar-refractivity contribution is -0.549. The Morgan fingerprint density at radius 3 is 2.76 bits per heavy atom. The predicted octanol–water partition coefficient (Wildman–Crippen LogP) is 1.77. The zero-order chi connectivity index (χ0) is 17.6. The summed E-state index contributed by atoms with van der Waals surface area (Å²) in [6.45, 7) is 8.39. The van der Waals surface area contributed by atoms with Gasteiger partial charge in [0.2, 0.25) is 5.79 Å². The van der Waals surface area contributed by atoms with Crippen LogP contribution in [0, 0.1) is 34.0 Å². The molecule has 4 saturated heterocycles. The minimum absolute atomic E-state index is 0.0125. The maximum absolute atomic E-state index is 13.4. The second-order valence-electron chi connectivity index (χ2n) is 10.0. The summed E-state index contributed by atoms with van der Waals surface area (Å²) in [6, 6.07) is 0. The second-order valence-corrected chi connectivity index (χ2v) is 10.0. The quantitative estimate of drug-likeness (QED) is 0.654. The molecule has 0 aromatic heterocycles. The Labute approximate surface area is 147 Å². The Kier molecular flexibility index (Phi) is 2.40. The molecule has 136 valence electrons. The molecule has 8 aliphatic rings. The number of hydrogen-bond acceptors (Lipinski definition) is 5.